The van der Waals surface area contributed by atoms with Gasteiger partial charge >= 0.3 is 0 Å². The second kappa shape index (κ2) is 6.47. The topological polar surface area (TPSA) is 103 Å². The number of likely N-dealkylation sites (N-methyl/N-ethyl adjacent to an activating group) is 1. The lowest BCUT2D eigenvalue weighted by molar-refractivity contribution is -0.126. The highest BCUT2D eigenvalue weighted by Crippen LogP contribution is 2.55. The molecule has 1 aromatic heterocycles. The van der Waals surface area contributed by atoms with Gasteiger partial charge in [-0.05, 0) is 42.9 Å². The number of nitrogens with zero attached hydrogens (tertiary/aromatic N) is 1. The summed E-state index contributed by atoms with van der Waals surface area (Å²) in [5, 5.41) is 22.7. The second-order valence-corrected chi connectivity index (χ2v) is 7.82. The van der Waals surface area contributed by atoms with E-state index < -0.39 is 17.4 Å². The lowest BCUT2D eigenvalue weighted by atomic mass is 9.71. The van der Waals surface area contributed by atoms with E-state index in [4.69, 9.17) is 4.42 Å². The van der Waals surface area contributed by atoms with E-state index in [1.807, 2.05) is 36.2 Å². The van der Waals surface area contributed by atoms with Gasteiger partial charge in [0, 0.05) is 23.7 Å². The zero-order chi connectivity index (χ0) is 21.0. The molecular formula is C23H20N2O5. The molecule has 0 saturated carbocycles. The molecule has 0 aliphatic carbocycles. The van der Waals surface area contributed by atoms with Crippen LogP contribution in [-0.4, -0.2) is 40.4 Å². The van der Waals surface area contributed by atoms with Crippen molar-refractivity contribution in [3.8, 4) is 11.5 Å². The number of para-hydroxylation sites is 1. The zero-order valence-corrected chi connectivity index (χ0v) is 16.2. The van der Waals surface area contributed by atoms with Crippen molar-refractivity contribution in [3.63, 3.8) is 0 Å². The highest BCUT2D eigenvalue weighted by Gasteiger charge is 2.64. The SMILES string of the molecule is CN1CC(c2ccc(O)c(O)c2)C(C(=O)c2ccco2)C12C(=O)Nc1ccccc12. The van der Waals surface area contributed by atoms with Crippen molar-refractivity contribution in [2.24, 2.45) is 5.92 Å². The molecule has 7 nitrogen and oxygen atoms in total. The monoisotopic (exact) mass is 404 g/mol. The number of Topliss-reactive ketones (excluding diaryl/α,β-unsaturated/α-hetero) is 1. The van der Waals surface area contributed by atoms with Crippen LogP contribution in [-0.2, 0) is 10.3 Å². The molecule has 5 rings (SSSR count). The molecule has 7 heteroatoms. The first-order valence-electron chi connectivity index (χ1n) is 9.66. The van der Waals surface area contributed by atoms with E-state index >= 15 is 0 Å². The fourth-order valence-electron chi connectivity index (χ4n) is 5.04. The Bertz CT molecular complexity index is 1160. The molecular weight excluding hydrogens is 384 g/mol. The first-order chi connectivity index (χ1) is 14.4. The number of amides is 1. The molecule has 2 aromatic carbocycles. The fraction of sp³-hybridized carbons (Fsp3) is 0.217. The third-order valence-corrected chi connectivity index (χ3v) is 6.33. The Hall–Kier alpha value is -3.58. The van der Waals surface area contributed by atoms with Crippen LogP contribution in [0.4, 0.5) is 5.69 Å². The molecule has 1 spiro atoms. The Morgan fingerprint density at radius 2 is 1.93 bits per heavy atom. The standard InChI is InChI=1S/C23H20N2O5/c1-25-12-14(13-8-9-17(26)18(27)11-13)20(21(28)19-7-4-10-30-19)23(25)15-5-2-3-6-16(15)24-22(23)29/h2-11,14,20,26-27H,12H2,1H3,(H,24,29). The Morgan fingerprint density at radius 3 is 2.67 bits per heavy atom. The van der Waals surface area contributed by atoms with Gasteiger partial charge in [0.15, 0.2) is 17.3 Å². The molecule has 3 atom stereocenters. The van der Waals surface area contributed by atoms with Crippen LogP contribution in [0.25, 0.3) is 0 Å². The van der Waals surface area contributed by atoms with E-state index in [0.717, 1.165) is 5.56 Å². The van der Waals surface area contributed by atoms with Crippen LogP contribution in [0.2, 0.25) is 0 Å². The molecule has 2 aliphatic heterocycles. The van der Waals surface area contributed by atoms with Crippen molar-refractivity contribution in [1.82, 2.24) is 4.90 Å². The maximum Gasteiger partial charge on any atom is 0.250 e. The number of rotatable bonds is 3. The predicted octanol–water partition coefficient (Wildman–Crippen LogP) is 3.07. The normalized spacial score (nSPS) is 25.4. The number of hydrogen-bond acceptors (Lipinski definition) is 6. The minimum Gasteiger partial charge on any atom is -0.504 e. The van der Waals surface area contributed by atoms with E-state index in [-0.39, 0.29) is 28.9 Å². The van der Waals surface area contributed by atoms with Crippen LogP contribution in [0.15, 0.2) is 65.3 Å². The predicted molar refractivity (Wildman–Crippen MR) is 108 cm³/mol. The molecule has 30 heavy (non-hydrogen) atoms. The van der Waals surface area contributed by atoms with Gasteiger partial charge in [-0.2, -0.15) is 0 Å². The lowest BCUT2D eigenvalue weighted by Gasteiger charge is -2.35. The first-order valence-corrected chi connectivity index (χ1v) is 9.66. The fourth-order valence-corrected chi connectivity index (χ4v) is 5.04. The number of fused-ring (bicyclic) bond motifs is 2. The maximum absolute atomic E-state index is 13.7. The summed E-state index contributed by atoms with van der Waals surface area (Å²) in [5.74, 6) is -2.07. The smallest absolute Gasteiger partial charge is 0.250 e. The van der Waals surface area contributed by atoms with Crippen molar-refractivity contribution >= 4 is 17.4 Å². The average molecular weight is 404 g/mol. The van der Waals surface area contributed by atoms with Crippen LogP contribution >= 0.6 is 0 Å². The van der Waals surface area contributed by atoms with Gasteiger partial charge in [0.2, 0.25) is 11.7 Å². The van der Waals surface area contributed by atoms with Crippen LogP contribution in [0.1, 0.15) is 27.6 Å². The van der Waals surface area contributed by atoms with Crippen molar-refractivity contribution in [3.05, 3.63) is 77.7 Å². The van der Waals surface area contributed by atoms with E-state index in [1.165, 1.54) is 18.4 Å². The third kappa shape index (κ3) is 2.35. The average Bonchev–Trinajstić information content (AvgIpc) is 3.43. The molecule has 2 aliphatic rings. The summed E-state index contributed by atoms with van der Waals surface area (Å²) in [7, 11) is 1.82. The minimum absolute atomic E-state index is 0.180. The van der Waals surface area contributed by atoms with E-state index in [0.29, 0.717) is 17.8 Å². The Labute approximate surface area is 172 Å². The van der Waals surface area contributed by atoms with Crippen LogP contribution in [0.5, 0.6) is 11.5 Å². The number of aromatic hydroxyl groups is 2. The second-order valence-electron chi connectivity index (χ2n) is 7.82. The number of nitrogens with one attached hydrogen (secondary N) is 1. The highest BCUT2D eigenvalue weighted by atomic mass is 16.3. The zero-order valence-electron chi connectivity index (χ0n) is 16.2. The largest absolute Gasteiger partial charge is 0.504 e. The Morgan fingerprint density at radius 1 is 1.13 bits per heavy atom. The quantitative estimate of drug-likeness (QED) is 0.458. The van der Waals surface area contributed by atoms with Crippen LogP contribution in [0, 0.1) is 5.92 Å². The summed E-state index contributed by atoms with van der Waals surface area (Å²) < 4.78 is 5.41. The number of phenols is 2. The molecule has 3 unspecified atom stereocenters. The summed E-state index contributed by atoms with van der Waals surface area (Å²) in [6.45, 7) is 0.406. The van der Waals surface area contributed by atoms with Crippen LogP contribution in [0.3, 0.4) is 0 Å². The van der Waals surface area contributed by atoms with Gasteiger partial charge in [-0.15, -0.1) is 0 Å². The minimum atomic E-state index is -1.21. The number of anilines is 1. The first kappa shape index (κ1) is 18.4. The lowest BCUT2D eigenvalue weighted by Crippen LogP contribution is -2.51. The van der Waals surface area contributed by atoms with Crippen molar-refractivity contribution in [2.45, 2.75) is 11.5 Å². The number of carbonyl (C=O) groups is 2. The van der Waals surface area contributed by atoms with E-state index in [2.05, 4.69) is 5.32 Å². The number of benzene rings is 2. The van der Waals surface area contributed by atoms with Crippen molar-refractivity contribution in [2.75, 3.05) is 18.9 Å². The molecule has 3 heterocycles. The van der Waals surface area contributed by atoms with E-state index in [9.17, 15) is 19.8 Å². The van der Waals surface area contributed by atoms with Crippen molar-refractivity contribution < 1.29 is 24.2 Å². The molecule has 1 saturated heterocycles. The number of hydrogen-bond donors (Lipinski definition) is 3. The number of furan rings is 1. The summed E-state index contributed by atoms with van der Waals surface area (Å²) in [5.41, 5.74) is 0.878. The van der Waals surface area contributed by atoms with Crippen LogP contribution < -0.4 is 5.32 Å². The number of ketones is 1. The van der Waals surface area contributed by atoms with E-state index in [1.54, 1.807) is 18.2 Å². The molecule has 3 N–H and O–H groups in total. The molecule has 3 aromatic rings. The Kier molecular flexibility index (Phi) is 3.98. The summed E-state index contributed by atoms with van der Waals surface area (Å²) in [4.78, 5) is 29.0. The molecule has 1 amide bonds. The number of carbonyl (C=O) groups excluding carboxylic acids is 2. The van der Waals surface area contributed by atoms with Gasteiger partial charge in [0.25, 0.3) is 0 Å². The Balaban J connectivity index is 1.73. The van der Waals surface area contributed by atoms with Gasteiger partial charge in [-0.25, -0.2) is 0 Å². The highest BCUT2D eigenvalue weighted by molar-refractivity contribution is 6.11. The number of likely N-dealkylation sites (tertiary alicyclic amines) is 1. The summed E-state index contributed by atoms with van der Waals surface area (Å²) in [6, 6.07) is 15.1. The summed E-state index contributed by atoms with van der Waals surface area (Å²) in [6.07, 6.45) is 1.43. The molecule has 152 valence electrons. The van der Waals surface area contributed by atoms with Gasteiger partial charge in [-0.1, -0.05) is 24.3 Å². The molecule has 1 fully saturated rings. The molecule has 0 radical (unpaired) electrons. The van der Waals surface area contributed by atoms with Gasteiger partial charge < -0.3 is 19.9 Å². The van der Waals surface area contributed by atoms with Crippen molar-refractivity contribution in [1.29, 1.82) is 0 Å². The van der Waals surface area contributed by atoms with Gasteiger partial charge in [-0.3, -0.25) is 14.5 Å². The van der Waals surface area contributed by atoms with Gasteiger partial charge in [0.05, 0.1) is 12.2 Å². The third-order valence-electron chi connectivity index (χ3n) is 6.33. The summed E-state index contributed by atoms with van der Waals surface area (Å²) >= 11 is 0. The molecule has 0 bridgehead atoms. The van der Waals surface area contributed by atoms with Gasteiger partial charge in [0.1, 0.15) is 5.54 Å². The maximum atomic E-state index is 13.7. The number of phenolic OH excluding ortho intramolecular Hbond substituents is 2.